The van der Waals surface area contributed by atoms with Crippen molar-refractivity contribution in [3.63, 3.8) is 0 Å². The maximum atomic E-state index is 12.4. The molecule has 0 saturated heterocycles. The summed E-state index contributed by atoms with van der Waals surface area (Å²) in [7, 11) is -3.51. The second kappa shape index (κ2) is 6.14. The number of sulfonamides is 1. The summed E-state index contributed by atoms with van der Waals surface area (Å²) in [6, 6.07) is 4.76. The van der Waals surface area contributed by atoms with Crippen LogP contribution in [0.3, 0.4) is 0 Å². The first-order valence-corrected chi connectivity index (χ1v) is 9.50. The molecule has 1 fully saturated rings. The molecule has 2 aliphatic rings. The SMILES string of the molecule is O=S(=O)(NC1CCC(Br)CC1)c1ccc2c(c1)OCCO2. The Morgan fingerprint density at radius 3 is 2.43 bits per heavy atom. The van der Waals surface area contributed by atoms with E-state index in [4.69, 9.17) is 9.47 Å². The summed E-state index contributed by atoms with van der Waals surface area (Å²) in [5.41, 5.74) is 0. The molecule has 1 saturated carbocycles. The Balaban J connectivity index is 1.75. The van der Waals surface area contributed by atoms with Crippen LogP contribution in [0.25, 0.3) is 0 Å². The van der Waals surface area contributed by atoms with E-state index in [1.54, 1.807) is 12.1 Å². The van der Waals surface area contributed by atoms with Crippen molar-refractivity contribution in [2.24, 2.45) is 0 Å². The highest BCUT2D eigenvalue weighted by molar-refractivity contribution is 9.09. The van der Waals surface area contributed by atoms with Crippen LogP contribution in [-0.2, 0) is 10.0 Å². The molecule has 21 heavy (non-hydrogen) atoms. The lowest BCUT2D eigenvalue weighted by molar-refractivity contribution is 0.171. The molecule has 0 atom stereocenters. The fourth-order valence-electron chi connectivity index (χ4n) is 2.65. The smallest absolute Gasteiger partial charge is 0.240 e. The van der Waals surface area contributed by atoms with Gasteiger partial charge in [-0.2, -0.15) is 0 Å². The van der Waals surface area contributed by atoms with Gasteiger partial charge in [0.1, 0.15) is 13.2 Å². The summed E-state index contributed by atoms with van der Waals surface area (Å²) in [5, 5.41) is 0. The van der Waals surface area contributed by atoms with Crippen molar-refractivity contribution in [3.8, 4) is 11.5 Å². The van der Waals surface area contributed by atoms with Crippen LogP contribution in [0.4, 0.5) is 0 Å². The predicted molar refractivity (Wildman–Crippen MR) is 82.7 cm³/mol. The summed E-state index contributed by atoms with van der Waals surface area (Å²) >= 11 is 3.57. The van der Waals surface area contributed by atoms with E-state index in [1.807, 2.05) is 0 Å². The molecule has 1 heterocycles. The highest BCUT2D eigenvalue weighted by atomic mass is 79.9. The lowest BCUT2D eigenvalue weighted by atomic mass is 9.96. The van der Waals surface area contributed by atoms with Gasteiger partial charge in [0.05, 0.1) is 4.90 Å². The van der Waals surface area contributed by atoms with E-state index in [9.17, 15) is 8.42 Å². The van der Waals surface area contributed by atoms with Gasteiger partial charge in [-0.25, -0.2) is 13.1 Å². The molecule has 1 aromatic carbocycles. The Labute approximate surface area is 133 Å². The van der Waals surface area contributed by atoms with Crippen molar-refractivity contribution in [1.29, 1.82) is 0 Å². The molecule has 0 aromatic heterocycles. The van der Waals surface area contributed by atoms with Gasteiger partial charge in [0.15, 0.2) is 11.5 Å². The van der Waals surface area contributed by atoms with Gasteiger partial charge in [-0.3, -0.25) is 0 Å². The third-order valence-corrected chi connectivity index (χ3v) is 6.24. The van der Waals surface area contributed by atoms with E-state index in [2.05, 4.69) is 20.7 Å². The van der Waals surface area contributed by atoms with Gasteiger partial charge in [-0.1, -0.05) is 15.9 Å². The Bertz CT molecular complexity index is 611. The fourth-order valence-corrected chi connectivity index (χ4v) is 4.50. The van der Waals surface area contributed by atoms with Gasteiger partial charge in [-0.05, 0) is 37.8 Å². The number of halogens is 1. The number of rotatable bonds is 3. The standard InChI is InChI=1S/C14H18BrNO4S/c15-10-1-3-11(4-2-10)16-21(17,18)12-5-6-13-14(9-12)20-8-7-19-13/h5-6,9-11,16H,1-4,7-8H2. The molecular formula is C14H18BrNO4S. The minimum absolute atomic E-state index is 0.0111. The lowest BCUT2D eigenvalue weighted by Crippen LogP contribution is -2.37. The maximum absolute atomic E-state index is 12.4. The average Bonchev–Trinajstić information content (AvgIpc) is 2.49. The molecule has 5 nitrogen and oxygen atoms in total. The summed E-state index contributed by atoms with van der Waals surface area (Å²) in [6.07, 6.45) is 3.71. The maximum Gasteiger partial charge on any atom is 0.240 e. The van der Waals surface area contributed by atoms with Crippen molar-refractivity contribution in [2.75, 3.05) is 13.2 Å². The van der Waals surface area contributed by atoms with Crippen molar-refractivity contribution >= 4 is 26.0 Å². The van der Waals surface area contributed by atoms with Gasteiger partial charge < -0.3 is 9.47 Å². The summed E-state index contributed by atoms with van der Waals surface area (Å²) in [5.74, 6) is 1.09. The molecule has 0 radical (unpaired) electrons. The van der Waals surface area contributed by atoms with Crippen LogP contribution in [0, 0.1) is 0 Å². The zero-order chi connectivity index (χ0) is 14.9. The zero-order valence-electron chi connectivity index (χ0n) is 11.5. The van der Waals surface area contributed by atoms with Crippen LogP contribution in [0.15, 0.2) is 23.1 Å². The molecular weight excluding hydrogens is 358 g/mol. The molecule has 1 aliphatic heterocycles. The van der Waals surface area contributed by atoms with Crippen molar-refractivity contribution in [3.05, 3.63) is 18.2 Å². The van der Waals surface area contributed by atoms with Gasteiger partial charge in [0, 0.05) is 16.9 Å². The molecule has 7 heteroatoms. The Morgan fingerprint density at radius 1 is 1.05 bits per heavy atom. The van der Waals surface area contributed by atoms with Crippen LogP contribution in [0.1, 0.15) is 25.7 Å². The quantitative estimate of drug-likeness (QED) is 0.824. The summed E-state index contributed by atoms with van der Waals surface area (Å²) in [6.45, 7) is 0.937. The van der Waals surface area contributed by atoms with Crippen LogP contribution >= 0.6 is 15.9 Å². The van der Waals surface area contributed by atoms with E-state index < -0.39 is 10.0 Å². The Hall–Kier alpha value is -0.790. The zero-order valence-corrected chi connectivity index (χ0v) is 14.0. The number of ether oxygens (including phenoxy) is 2. The van der Waals surface area contributed by atoms with Gasteiger partial charge in [-0.15, -0.1) is 0 Å². The van der Waals surface area contributed by atoms with Crippen molar-refractivity contribution in [2.45, 2.75) is 41.4 Å². The normalized spacial score (nSPS) is 25.6. The van der Waals surface area contributed by atoms with Crippen molar-refractivity contribution in [1.82, 2.24) is 4.72 Å². The molecule has 0 unspecified atom stereocenters. The monoisotopic (exact) mass is 375 g/mol. The number of nitrogens with one attached hydrogen (secondary N) is 1. The minimum Gasteiger partial charge on any atom is -0.486 e. The minimum atomic E-state index is -3.51. The van der Waals surface area contributed by atoms with Crippen LogP contribution in [0.5, 0.6) is 11.5 Å². The topological polar surface area (TPSA) is 64.6 Å². The molecule has 3 rings (SSSR count). The Morgan fingerprint density at radius 2 is 1.71 bits per heavy atom. The molecule has 1 aromatic rings. The van der Waals surface area contributed by atoms with E-state index >= 15 is 0 Å². The second-order valence-corrected chi connectivity index (χ2v) is 8.38. The van der Waals surface area contributed by atoms with Crippen LogP contribution in [-0.4, -0.2) is 32.5 Å². The Kier molecular flexibility index (Phi) is 4.42. The second-order valence-electron chi connectivity index (χ2n) is 5.38. The van der Waals surface area contributed by atoms with E-state index in [-0.39, 0.29) is 10.9 Å². The predicted octanol–water partition coefficient (Wildman–Crippen LogP) is 2.44. The number of alkyl halides is 1. The number of hydrogen-bond acceptors (Lipinski definition) is 4. The first kappa shape index (κ1) is 15.1. The summed E-state index contributed by atoms with van der Waals surface area (Å²) in [4.78, 5) is 0.736. The van der Waals surface area contributed by atoms with E-state index in [1.165, 1.54) is 6.07 Å². The van der Waals surface area contributed by atoms with Crippen LogP contribution in [0.2, 0.25) is 0 Å². The molecule has 0 spiro atoms. The van der Waals surface area contributed by atoms with Gasteiger partial charge in [0.25, 0.3) is 0 Å². The largest absolute Gasteiger partial charge is 0.486 e. The number of benzene rings is 1. The molecule has 0 amide bonds. The third-order valence-electron chi connectivity index (χ3n) is 3.80. The van der Waals surface area contributed by atoms with E-state index in [0.29, 0.717) is 29.5 Å². The van der Waals surface area contributed by atoms with Crippen molar-refractivity contribution < 1.29 is 17.9 Å². The van der Waals surface area contributed by atoms with Gasteiger partial charge >= 0.3 is 0 Å². The molecule has 116 valence electrons. The van der Waals surface area contributed by atoms with Crippen LogP contribution < -0.4 is 14.2 Å². The fraction of sp³-hybridized carbons (Fsp3) is 0.571. The van der Waals surface area contributed by atoms with Gasteiger partial charge in [0.2, 0.25) is 10.0 Å². The third kappa shape index (κ3) is 3.52. The molecule has 0 bridgehead atoms. The molecule has 1 N–H and O–H groups in total. The highest BCUT2D eigenvalue weighted by Crippen LogP contribution is 2.32. The number of fused-ring (bicyclic) bond motifs is 1. The molecule has 1 aliphatic carbocycles. The highest BCUT2D eigenvalue weighted by Gasteiger charge is 2.25. The lowest BCUT2D eigenvalue weighted by Gasteiger charge is -2.26. The average molecular weight is 376 g/mol. The summed E-state index contributed by atoms with van der Waals surface area (Å²) < 4.78 is 38.5. The first-order chi connectivity index (χ1) is 10.0. The number of hydrogen-bond donors (Lipinski definition) is 1. The van der Waals surface area contributed by atoms with E-state index in [0.717, 1.165) is 25.7 Å². The first-order valence-electron chi connectivity index (χ1n) is 7.11.